The van der Waals surface area contributed by atoms with Gasteiger partial charge in [-0.25, -0.2) is 9.48 Å². The monoisotopic (exact) mass is 406 g/mol. The molecule has 3 aromatic rings. The first-order valence-corrected chi connectivity index (χ1v) is 9.69. The molecule has 1 aromatic heterocycles. The zero-order valence-corrected chi connectivity index (χ0v) is 17.1. The van der Waals surface area contributed by atoms with Crippen LogP contribution in [0.5, 0.6) is 0 Å². The molecule has 2 aromatic carbocycles. The van der Waals surface area contributed by atoms with Gasteiger partial charge in [0.2, 0.25) is 0 Å². The van der Waals surface area contributed by atoms with E-state index in [0.29, 0.717) is 24.5 Å². The number of benzene rings is 2. The van der Waals surface area contributed by atoms with Crippen LogP contribution in [-0.2, 0) is 6.54 Å². The lowest BCUT2D eigenvalue weighted by molar-refractivity contribution is 0.0951. The van der Waals surface area contributed by atoms with Gasteiger partial charge in [-0.3, -0.25) is 10.1 Å². The van der Waals surface area contributed by atoms with Crippen molar-refractivity contribution in [2.75, 3.05) is 32.5 Å². The molecule has 0 unspecified atom stereocenters. The lowest BCUT2D eigenvalue weighted by atomic mass is 10.1. The molecule has 0 bridgehead atoms. The Labute approximate surface area is 175 Å². The van der Waals surface area contributed by atoms with Crippen molar-refractivity contribution in [3.63, 3.8) is 0 Å². The number of hydrogen-bond acceptors (Lipinski definition) is 4. The van der Waals surface area contributed by atoms with Crippen LogP contribution in [0.1, 0.15) is 15.9 Å². The van der Waals surface area contributed by atoms with Crippen LogP contribution >= 0.6 is 0 Å². The lowest BCUT2D eigenvalue weighted by Crippen LogP contribution is -2.31. The fraction of sp³-hybridized carbons (Fsp3) is 0.227. The molecular weight excluding hydrogens is 380 g/mol. The molecule has 0 saturated carbocycles. The largest absolute Gasteiger partial charge is 0.351 e. The molecule has 0 atom stereocenters. The molecular formula is C22H26N6O2. The highest BCUT2D eigenvalue weighted by atomic mass is 16.2. The second-order valence-corrected chi connectivity index (χ2v) is 7.05. The molecule has 156 valence electrons. The van der Waals surface area contributed by atoms with Gasteiger partial charge in [-0.05, 0) is 43.9 Å². The number of urea groups is 1. The van der Waals surface area contributed by atoms with E-state index < -0.39 is 0 Å². The Morgan fingerprint density at radius 3 is 2.57 bits per heavy atom. The van der Waals surface area contributed by atoms with Crippen LogP contribution in [0, 0.1) is 0 Å². The third-order valence-electron chi connectivity index (χ3n) is 4.34. The Balaban J connectivity index is 1.50. The van der Waals surface area contributed by atoms with Crippen molar-refractivity contribution in [2.24, 2.45) is 0 Å². The zero-order valence-electron chi connectivity index (χ0n) is 17.1. The minimum Gasteiger partial charge on any atom is -0.351 e. The average molecular weight is 406 g/mol. The number of para-hydroxylation sites is 1. The molecule has 0 spiro atoms. The number of nitrogens with zero attached hydrogens (tertiary/aromatic N) is 3. The predicted octanol–water partition coefficient (Wildman–Crippen LogP) is 2.49. The predicted molar refractivity (Wildman–Crippen MR) is 117 cm³/mol. The standard InChI is InChI=1S/C22H26N6O2/c1-27(2)14-12-23-21(29)18-8-6-7-17(15-18)16-24-22(30)25-20-11-13-28(26-20)19-9-4-3-5-10-19/h3-11,13,15H,12,14,16H2,1-2H3,(H,23,29)(H2,24,25,26,30). The van der Waals surface area contributed by atoms with Gasteiger partial charge in [0, 0.05) is 37.5 Å². The van der Waals surface area contributed by atoms with E-state index in [2.05, 4.69) is 21.0 Å². The molecule has 0 aliphatic heterocycles. The highest BCUT2D eigenvalue weighted by Gasteiger charge is 2.08. The van der Waals surface area contributed by atoms with Crippen LogP contribution < -0.4 is 16.0 Å². The zero-order chi connectivity index (χ0) is 21.3. The molecule has 0 fully saturated rings. The van der Waals surface area contributed by atoms with Crippen LogP contribution in [0.15, 0.2) is 66.9 Å². The van der Waals surface area contributed by atoms with Gasteiger partial charge in [-0.1, -0.05) is 30.3 Å². The summed E-state index contributed by atoms with van der Waals surface area (Å²) in [5, 5.41) is 12.7. The smallest absolute Gasteiger partial charge is 0.320 e. The van der Waals surface area contributed by atoms with Crippen molar-refractivity contribution in [2.45, 2.75) is 6.54 Å². The third-order valence-corrected chi connectivity index (χ3v) is 4.34. The van der Waals surface area contributed by atoms with E-state index in [9.17, 15) is 9.59 Å². The fourth-order valence-corrected chi connectivity index (χ4v) is 2.78. The maximum Gasteiger partial charge on any atom is 0.320 e. The summed E-state index contributed by atoms with van der Waals surface area (Å²) in [6.45, 7) is 1.64. The lowest BCUT2D eigenvalue weighted by Gasteiger charge is -2.11. The number of anilines is 1. The van der Waals surface area contributed by atoms with E-state index in [1.807, 2.05) is 55.4 Å². The Morgan fingerprint density at radius 1 is 1.00 bits per heavy atom. The molecule has 3 rings (SSSR count). The van der Waals surface area contributed by atoms with Gasteiger partial charge in [0.25, 0.3) is 5.91 Å². The summed E-state index contributed by atoms with van der Waals surface area (Å²) < 4.78 is 1.69. The molecule has 0 aliphatic rings. The quantitative estimate of drug-likeness (QED) is 0.536. The first-order valence-electron chi connectivity index (χ1n) is 9.69. The number of nitrogens with one attached hydrogen (secondary N) is 3. The molecule has 3 N–H and O–H groups in total. The van der Waals surface area contributed by atoms with Crippen LogP contribution in [0.25, 0.3) is 5.69 Å². The maximum atomic E-state index is 12.2. The van der Waals surface area contributed by atoms with E-state index >= 15 is 0 Å². The number of carbonyl (C=O) groups is 2. The topological polar surface area (TPSA) is 91.3 Å². The van der Waals surface area contributed by atoms with Crippen molar-refractivity contribution < 1.29 is 9.59 Å². The maximum absolute atomic E-state index is 12.2. The summed E-state index contributed by atoms with van der Waals surface area (Å²) in [5.41, 5.74) is 2.31. The summed E-state index contributed by atoms with van der Waals surface area (Å²) in [6, 6.07) is 18.2. The molecule has 30 heavy (non-hydrogen) atoms. The minimum absolute atomic E-state index is 0.130. The van der Waals surface area contributed by atoms with Gasteiger partial charge >= 0.3 is 6.03 Å². The minimum atomic E-state index is -0.367. The van der Waals surface area contributed by atoms with Crippen LogP contribution in [0.4, 0.5) is 10.6 Å². The van der Waals surface area contributed by atoms with Gasteiger partial charge < -0.3 is 15.5 Å². The van der Waals surface area contributed by atoms with Gasteiger partial charge in [0.05, 0.1) is 5.69 Å². The summed E-state index contributed by atoms with van der Waals surface area (Å²) in [5.74, 6) is 0.319. The second kappa shape index (κ2) is 10.2. The molecule has 3 amide bonds. The summed E-state index contributed by atoms with van der Waals surface area (Å²) in [6.07, 6.45) is 1.78. The van der Waals surface area contributed by atoms with Gasteiger partial charge in [0.15, 0.2) is 5.82 Å². The number of hydrogen-bond donors (Lipinski definition) is 3. The normalized spacial score (nSPS) is 10.6. The number of aromatic nitrogens is 2. The molecule has 0 radical (unpaired) electrons. The molecule has 8 heteroatoms. The molecule has 0 saturated heterocycles. The van der Waals surface area contributed by atoms with E-state index in [-0.39, 0.29) is 11.9 Å². The average Bonchev–Trinajstić information content (AvgIpc) is 3.21. The van der Waals surface area contributed by atoms with Crippen molar-refractivity contribution in [3.8, 4) is 5.69 Å². The van der Waals surface area contributed by atoms with Crippen LogP contribution in [-0.4, -0.2) is 53.8 Å². The fourth-order valence-electron chi connectivity index (χ4n) is 2.78. The van der Waals surface area contributed by atoms with E-state index in [1.165, 1.54) is 0 Å². The van der Waals surface area contributed by atoms with E-state index in [4.69, 9.17) is 0 Å². The van der Waals surface area contributed by atoms with Gasteiger partial charge in [-0.15, -0.1) is 5.10 Å². The van der Waals surface area contributed by atoms with Crippen molar-refractivity contribution >= 4 is 17.8 Å². The van der Waals surface area contributed by atoms with Crippen molar-refractivity contribution in [1.29, 1.82) is 0 Å². The number of rotatable bonds is 8. The summed E-state index contributed by atoms with van der Waals surface area (Å²) >= 11 is 0. The highest BCUT2D eigenvalue weighted by molar-refractivity contribution is 5.94. The third kappa shape index (κ3) is 6.18. The molecule has 8 nitrogen and oxygen atoms in total. The Bertz CT molecular complexity index is 984. The molecule has 0 aliphatic carbocycles. The van der Waals surface area contributed by atoms with Crippen LogP contribution in [0.2, 0.25) is 0 Å². The second-order valence-electron chi connectivity index (χ2n) is 7.05. The Kier molecular flexibility index (Phi) is 7.18. The number of likely N-dealkylation sites (N-methyl/N-ethyl adjacent to an activating group) is 1. The highest BCUT2D eigenvalue weighted by Crippen LogP contribution is 2.10. The first-order chi connectivity index (χ1) is 14.5. The summed E-state index contributed by atoms with van der Waals surface area (Å²) in [4.78, 5) is 26.4. The summed E-state index contributed by atoms with van der Waals surface area (Å²) in [7, 11) is 3.91. The van der Waals surface area contributed by atoms with E-state index in [0.717, 1.165) is 17.8 Å². The van der Waals surface area contributed by atoms with Gasteiger partial charge in [-0.2, -0.15) is 0 Å². The van der Waals surface area contributed by atoms with Gasteiger partial charge in [0.1, 0.15) is 0 Å². The Hall–Kier alpha value is -3.65. The van der Waals surface area contributed by atoms with Crippen LogP contribution in [0.3, 0.4) is 0 Å². The number of carbonyl (C=O) groups excluding carboxylic acids is 2. The number of amides is 3. The van der Waals surface area contributed by atoms with Crippen molar-refractivity contribution in [3.05, 3.63) is 78.0 Å². The Morgan fingerprint density at radius 2 is 1.80 bits per heavy atom. The first kappa shape index (κ1) is 21.1. The molecule has 1 heterocycles. The SMILES string of the molecule is CN(C)CCNC(=O)c1cccc(CNC(=O)Nc2ccn(-c3ccccc3)n2)c1. The van der Waals surface area contributed by atoms with Crippen molar-refractivity contribution in [1.82, 2.24) is 25.3 Å². The van der Waals surface area contributed by atoms with E-state index in [1.54, 1.807) is 35.1 Å².